The van der Waals surface area contributed by atoms with Gasteiger partial charge < -0.3 is 25.2 Å². The molecule has 3 amide bonds. The molecule has 9 nitrogen and oxygen atoms in total. The zero-order valence-electron chi connectivity index (χ0n) is 15.4. The minimum absolute atomic E-state index is 0.0363. The fraction of sp³-hybridized carbons (Fsp3) is 0.421. The van der Waals surface area contributed by atoms with Crippen LogP contribution in [0.1, 0.15) is 17.5 Å². The standard InChI is InChI=1S/C19H20FN3O6/c20-13-7-14-11(5-12(13)10-1-3-22(4-2-10)17(25)9-24)6-15-16(8-21-18(26)27)29-19(28)23(14)15/h1,5,7,15-16,21,24H,2-4,6,8-9H2,(H,26,27)/t15-,16-/m0/s1. The van der Waals surface area contributed by atoms with E-state index in [1.165, 1.54) is 15.9 Å². The minimum atomic E-state index is -1.21. The number of carboxylic acid groups (broad SMARTS) is 1. The topological polar surface area (TPSA) is 119 Å². The van der Waals surface area contributed by atoms with E-state index in [-0.39, 0.29) is 12.5 Å². The van der Waals surface area contributed by atoms with Crippen LogP contribution in [0.25, 0.3) is 5.57 Å². The summed E-state index contributed by atoms with van der Waals surface area (Å²) in [5.41, 5.74) is 2.42. The van der Waals surface area contributed by atoms with Crippen molar-refractivity contribution in [3.63, 3.8) is 0 Å². The van der Waals surface area contributed by atoms with Crippen LogP contribution in [0.3, 0.4) is 0 Å². The molecule has 1 fully saturated rings. The fourth-order valence-corrected chi connectivity index (χ4v) is 4.14. The van der Waals surface area contributed by atoms with Gasteiger partial charge in [0.05, 0.1) is 18.3 Å². The van der Waals surface area contributed by atoms with Crippen molar-refractivity contribution in [1.82, 2.24) is 10.2 Å². The Hall–Kier alpha value is -3.14. The molecule has 1 aromatic carbocycles. The van der Waals surface area contributed by atoms with E-state index in [4.69, 9.17) is 14.9 Å². The van der Waals surface area contributed by atoms with Crippen molar-refractivity contribution >= 4 is 29.4 Å². The summed E-state index contributed by atoms with van der Waals surface area (Å²) >= 11 is 0. The quantitative estimate of drug-likeness (QED) is 0.686. The van der Waals surface area contributed by atoms with Gasteiger partial charge in [-0.3, -0.25) is 9.69 Å². The molecule has 0 radical (unpaired) electrons. The third kappa shape index (κ3) is 3.39. The van der Waals surface area contributed by atoms with Crippen LogP contribution in [-0.4, -0.2) is 71.6 Å². The molecule has 2 atom stereocenters. The highest BCUT2D eigenvalue weighted by atomic mass is 19.1. The van der Waals surface area contributed by atoms with E-state index < -0.39 is 36.8 Å². The Labute approximate surface area is 165 Å². The zero-order valence-corrected chi connectivity index (χ0v) is 15.4. The second-order valence-corrected chi connectivity index (χ2v) is 7.19. The van der Waals surface area contributed by atoms with Crippen LogP contribution in [0.4, 0.5) is 19.7 Å². The molecule has 1 saturated heterocycles. The number of fused-ring (bicyclic) bond motifs is 3. The fourth-order valence-electron chi connectivity index (χ4n) is 4.14. The summed E-state index contributed by atoms with van der Waals surface area (Å²) < 4.78 is 20.1. The molecule has 1 aromatic rings. The number of hydrogen-bond donors (Lipinski definition) is 3. The van der Waals surface area contributed by atoms with Gasteiger partial charge in [0.1, 0.15) is 18.5 Å². The maximum Gasteiger partial charge on any atom is 0.415 e. The number of hydrogen-bond acceptors (Lipinski definition) is 5. The Kier molecular flexibility index (Phi) is 4.87. The molecule has 0 aliphatic carbocycles. The molecular weight excluding hydrogens is 385 g/mol. The monoisotopic (exact) mass is 405 g/mol. The molecule has 3 heterocycles. The number of cyclic esters (lactones) is 1. The molecule has 0 bridgehead atoms. The molecule has 154 valence electrons. The molecule has 4 rings (SSSR count). The number of nitrogens with one attached hydrogen (secondary N) is 1. The first-order chi connectivity index (χ1) is 13.9. The third-order valence-corrected chi connectivity index (χ3v) is 5.56. The number of aliphatic hydroxyl groups excluding tert-OH is 1. The lowest BCUT2D eigenvalue weighted by Crippen LogP contribution is -2.40. The molecule has 3 N–H and O–H groups in total. The summed E-state index contributed by atoms with van der Waals surface area (Å²) in [6.07, 6.45) is 0.190. The molecule has 29 heavy (non-hydrogen) atoms. The average molecular weight is 405 g/mol. The van der Waals surface area contributed by atoms with Crippen LogP contribution in [0.15, 0.2) is 18.2 Å². The normalized spacial score (nSPS) is 22.7. The smallest absolute Gasteiger partial charge is 0.415 e. The first kappa shape index (κ1) is 19.2. The number of nitrogens with zero attached hydrogens (tertiary/aromatic N) is 2. The van der Waals surface area contributed by atoms with Gasteiger partial charge in [-0.15, -0.1) is 0 Å². The van der Waals surface area contributed by atoms with E-state index in [0.29, 0.717) is 37.2 Å². The van der Waals surface area contributed by atoms with Gasteiger partial charge in [-0.25, -0.2) is 14.0 Å². The third-order valence-electron chi connectivity index (χ3n) is 5.56. The number of halogens is 1. The Morgan fingerprint density at radius 3 is 2.79 bits per heavy atom. The molecule has 0 saturated carbocycles. The van der Waals surface area contributed by atoms with Crippen LogP contribution in [-0.2, 0) is 16.0 Å². The van der Waals surface area contributed by atoms with Crippen LogP contribution in [0.2, 0.25) is 0 Å². The van der Waals surface area contributed by atoms with Gasteiger partial charge in [-0.1, -0.05) is 6.08 Å². The van der Waals surface area contributed by atoms with Gasteiger partial charge in [0, 0.05) is 18.7 Å². The average Bonchev–Trinajstić information content (AvgIpc) is 3.22. The number of rotatable bonds is 4. The van der Waals surface area contributed by atoms with Gasteiger partial charge >= 0.3 is 12.2 Å². The molecule has 10 heteroatoms. The predicted octanol–water partition coefficient (Wildman–Crippen LogP) is 0.951. The predicted molar refractivity (Wildman–Crippen MR) is 98.9 cm³/mol. The molecular formula is C19H20FN3O6. The Balaban J connectivity index is 1.57. The lowest BCUT2D eigenvalue weighted by molar-refractivity contribution is -0.133. The van der Waals surface area contributed by atoms with Crippen LogP contribution in [0.5, 0.6) is 0 Å². The first-order valence-corrected chi connectivity index (χ1v) is 9.26. The summed E-state index contributed by atoms with van der Waals surface area (Å²) in [5, 5.41) is 20.0. The van der Waals surface area contributed by atoms with Gasteiger partial charge in [0.2, 0.25) is 5.91 Å². The van der Waals surface area contributed by atoms with Crippen LogP contribution >= 0.6 is 0 Å². The van der Waals surface area contributed by atoms with Crippen molar-refractivity contribution < 1.29 is 33.7 Å². The molecule has 0 unspecified atom stereocenters. The largest absolute Gasteiger partial charge is 0.465 e. The van der Waals surface area contributed by atoms with E-state index in [1.807, 2.05) is 0 Å². The molecule has 0 aromatic heterocycles. The van der Waals surface area contributed by atoms with E-state index in [1.54, 1.807) is 12.1 Å². The number of aliphatic hydroxyl groups is 1. The summed E-state index contributed by atoms with van der Waals surface area (Å²) in [4.78, 5) is 37.4. The Morgan fingerprint density at radius 1 is 1.34 bits per heavy atom. The lowest BCUT2D eigenvalue weighted by Gasteiger charge is -2.26. The Morgan fingerprint density at radius 2 is 2.14 bits per heavy atom. The summed E-state index contributed by atoms with van der Waals surface area (Å²) in [6.45, 7) is 0.105. The number of ether oxygens (including phenoxy) is 1. The molecule has 3 aliphatic heterocycles. The van der Waals surface area contributed by atoms with E-state index in [2.05, 4.69) is 5.32 Å². The van der Waals surface area contributed by atoms with Gasteiger partial charge in [0.15, 0.2) is 0 Å². The van der Waals surface area contributed by atoms with E-state index in [9.17, 15) is 18.8 Å². The van der Waals surface area contributed by atoms with Crippen molar-refractivity contribution in [2.75, 3.05) is 31.1 Å². The number of amides is 3. The molecule has 0 spiro atoms. The van der Waals surface area contributed by atoms with Crippen molar-refractivity contribution in [3.8, 4) is 0 Å². The number of carbonyl (C=O) groups excluding carboxylic acids is 2. The summed E-state index contributed by atoms with van der Waals surface area (Å²) in [6, 6.07) is 2.63. The molecule has 3 aliphatic rings. The van der Waals surface area contributed by atoms with Crippen LogP contribution in [0, 0.1) is 5.82 Å². The number of anilines is 1. The van der Waals surface area contributed by atoms with Gasteiger partial charge in [-0.05, 0) is 36.1 Å². The highest BCUT2D eigenvalue weighted by Gasteiger charge is 2.47. The summed E-state index contributed by atoms with van der Waals surface area (Å²) in [5.74, 6) is -0.840. The lowest BCUT2D eigenvalue weighted by atomic mass is 9.95. The first-order valence-electron chi connectivity index (χ1n) is 9.26. The van der Waals surface area contributed by atoms with E-state index >= 15 is 0 Å². The maximum atomic E-state index is 14.9. The second-order valence-electron chi connectivity index (χ2n) is 7.19. The SMILES string of the molecule is O=C(O)NC[C@@H]1OC(=O)N2c3cc(F)c(C4=CCN(C(=O)CO)CC4)cc3C[C@@H]12. The van der Waals surface area contributed by atoms with Crippen molar-refractivity contribution in [2.24, 2.45) is 0 Å². The highest BCUT2D eigenvalue weighted by molar-refractivity contribution is 5.94. The van der Waals surface area contributed by atoms with Crippen molar-refractivity contribution in [2.45, 2.75) is 25.0 Å². The van der Waals surface area contributed by atoms with Crippen LogP contribution < -0.4 is 10.2 Å². The Bertz CT molecular complexity index is 917. The number of benzene rings is 1. The summed E-state index contributed by atoms with van der Waals surface area (Å²) in [7, 11) is 0. The van der Waals surface area contributed by atoms with Crippen molar-refractivity contribution in [1.29, 1.82) is 0 Å². The van der Waals surface area contributed by atoms with Gasteiger partial charge in [0.25, 0.3) is 0 Å². The zero-order chi connectivity index (χ0) is 20.7. The van der Waals surface area contributed by atoms with Crippen molar-refractivity contribution in [3.05, 3.63) is 35.2 Å². The number of carbonyl (C=O) groups is 3. The van der Waals surface area contributed by atoms with E-state index in [0.717, 1.165) is 11.1 Å². The minimum Gasteiger partial charge on any atom is -0.465 e. The highest BCUT2D eigenvalue weighted by Crippen LogP contribution is 2.41. The maximum absolute atomic E-state index is 14.9. The second kappa shape index (κ2) is 7.36. The van der Waals surface area contributed by atoms with Gasteiger partial charge in [-0.2, -0.15) is 0 Å².